The zero-order chi connectivity index (χ0) is 18.4. The number of nitrogens with zero attached hydrogens (tertiary/aromatic N) is 3. The summed E-state index contributed by atoms with van der Waals surface area (Å²) < 4.78 is 10.9. The molecule has 136 valence electrons. The average Bonchev–Trinajstić information content (AvgIpc) is 3.32. The number of amides is 1. The van der Waals surface area contributed by atoms with Crippen LogP contribution >= 0.6 is 11.3 Å². The number of rotatable bonds is 8. The van der Waals surface area contributed by atoms with Crippen molar-refractivity contribution in [2.45, 2.75) is 19.9 Å². The number of hydrogen-bond acceptors (Lipinski definition) is 6. The van der Waals surface area contributed by atoms with Gasteiger partial charge >= 0.3 is 0 Å². The number of hydrogen-bond donors (Lipinski definition) is 0. The summed E-state index contributed by atoms with van der Waals surface area (Å²) in [7, 11) is 1.62. The molecule has 0 aliphatic rings. The molecule has 0 saturated heterocycles. The summed E-state index contributed by atoms with van der Waals surface area (Å²) >= 11 is 1.54. The maximum Gasteiger partial charge on any atom is 0.257 e. The van der Waals surface area contributed by atoms with Crippen molar-refractivity contribution < 1.29 is 13.9 Å². The number of ether oxygens (including phenoxy) is 1. The van der Waals surface area contributed by atoms with Crippen molar-refractivity contribution >= 4 is 17.2 Å². The van der Waals surface area contributed by atoms with Crippen LogP contribution in [0.15, 0.2) is 46.2 Å². The number of methoxy groups -OCH3 is 1. The van der Waals surface area contributed by atoms with Gasteiger partial charge in [-0.15, -0.1) is 21.5 Å². The highest BCUT2D eigenvalue weighted by Crippen LogP contribution is 2.23. The zero-order valence-electron chi connectivity index (χ0n) is 14.8. The molecule has 26 heavy (non-hydrogen) atoms. The Balaban J connectivity index is 1.71. The summed E-state index contributed by atoms with van der Waals surface area (Å²) in [5, 5.41) is 10.1. The first-order valence-electron chi connectivity index (χ1n) is 8.35. The minimum absolute atomic E-state index is 0.00669. The van der Waals surface area contributed by atoms with Crippen LogP contribution in [0.3, 0.4) is 0 Å². The van der Waals surface area contributed by atoms with Crippen molar-refractivity contribution in [3.8, 4) is 10.8 Å². The van der Waals surface area contributed by atoms with Crippen LogP contribution in [-0.2, 0) is 22.5 Å². The second kappa shape index (κ2) is 8.73. The van der Waals surface area contributed by atoms with E-state index < -0.39 is 0 Å². The van der Waals surface area contributed by atoms with E-state index in [-0.39, 0.29) is 12.5 Å². The van der Waals surface area contributed by atoms with E-state index in [1.807, 2.05) is 48.7 Å². The molecule has 3 aromatic rings. The quantitative estimate of drug-likeness (QED) is 0.608. The van der Waals surface area contributed by atoms with Crippen LogP contribution in [0.25, 0.3) is 10.8 Å². The van der Waals surface area contributed by atoms with Crippen LogP contribution in [0.1, 0.15) is 17.0 Å². The standard InChI is InChI=1S/C19H21N3O3S/c1-14-6-3-4-7-15(14)12-18(23)22(9-10-24-2)13-17-20-21-19(25-17)16-8-5-11-26-16/h3-8,11H,9-10,12-13H2,1-2H3. The van der Waals surface area contributed by atoms with Gasteiger partial charge in [-0.05, 0) is 29.5 Å². The number of carbonyl (C=O) groups excluding carboxylic acids is 1. The molecule has 7 heteroatoms. The van der Waals surface area contributed by atoms with Crippen molar-refractivity contribution in [3.05, 3.63) is 58.8 Å². The van der Waals surface area contributed by atoms with Gasteiger partial charge in [0.2, 0.25) is 11.8 Å². The van der Waals surface area contributed by atoms with E-state index >= 15 is 0 Å². The Hall–Kier alpha value is -2.51. The van der Waals surface area contributed by atoms with Gasteiger partial charge in [-0.2, -0.15) is 0 Å². The normalized spacial score (nSPS) is 10.8. The van der Waals surface area contributed by atoms with E-state index in [2.05, 4.69) is 10.2 Å². The van der Waals surface area contributed by atoms with Crippen molar-refractivity contribution in [1.82, 2.24) is 15.1 Å². The second-order valence-corrected chi connectivity index (χ2v) is 6.84. The van der Waals surface area contributed by atoms with Gasteiger partial charge in [0, 0.05) is 13.7 Å². The van der Waals surface area contributed by atoms with Crippen molar-refractivity contribution in [2.24, 2.45) is 0 Å². The Morgan fingerprint density at radius 1 is 1.23 bits per heavy atom. The van der Waals surface area contributed by atoms with Gasteiger partial charge in [0.1, 0.15) is 0 Å². The molecule has 0 aliphatic heterocycles. The molecule has 0 radical (unpaired) electrons. The molecule has 0 fully saturated rings. The molecule has 0 saturated carbocycles. The Labute approximate surface area is 156 Å². The summed E-state index contributed by atoms with van der Waals surface area (Å²) in [6.07, 6.45) is 0.336. The first kappa shape index (κ1) is 18.3. The van der Waals surface area contributed by atoms with Crippen LogP contribution < -0.4 is 0 Å². The molecule has 2 heterocycles. The van der Waals surface area contributed by atoms with Gasteiger partial charge in [-0.25, -0.2) is 0 Å². The summed E-state index contributed by atoms with van der Waals surface area (Å²) in [5.74, 6) is 0.905. The highest BCUT2D eigenvalue weighted by atomic mass is 32.1. The molecule has 0 aliphatic carbocycles. The molecular weight excluding hydrogens is 350 g/mol. The third-order valence-corrected chi connectivity index (χ3v) is 4.90. The number of carbonyl (C=O) groups is 1. The molecule has 0 atom stereocenters. The fourth-order valence-corrected chi connectivity index (χ4v) is 3.20. The molecule has 0 bridgehead atoms. The first-order chi connectivity index (χ1) is 12.7. The molecule has 3 rings (SSSR count). The van der Waals surface area contributed by atoms with Crippen LogP contribution in [0, 0.1) is 6.92 Å². The maximum absolute atomic E-state index is 12.8. The SMILES string of the molecule is COCCN(Cc1nnc(-c2cccs2)o1)C(=O)Cc1ccccc1C. The molecule has 0 unspecified atom stereocenters. The summed E-state index contributed by atoms with van der Waals surface area (Å²) in [5.41, 5.74) is 2.12. The first-order valence-corrected chi connectivity index (χ1v) is 9.23. The predicted octanol–water partition coefficient (Wildman–Crippen LogP) is 3.32. The largest absolute Gasteiger partial charge is 0.418 e. The lowest BCUT2D eigenvalue weighted by atomic mass is 10.1. The third kappa shape index (κ3) is 4.56. The summed E-state index contributed by atoms with van der Waals surface area (Å²) in [6.45, 7) is 3.20. The molecule has 1 amide bonds. The molecule has 6 nitrogen and oxygen atoms in total. The van der Waals surface area contributed by atoms with Gasteiger partial charge in [0.25, 0.3) is 5.89 Å². The summed E-state index contributed by atoms with van der Waals surface area (Å²) in [6, 6.07) is 11.8. The van der Waals surface area contributed by atoms with Gasteiger partial charge in [-0.1, -0.05) is 30.3 Å². The molecular formula is C19H21N3O3S. The number of benzene rings is 1. The smallest absolute Gasteiger partial charge is 0.257 e. The minimum atomic E-state index is 0.00669. The lowest BCUT2D eigenvalue weighted by Gasteiger charge is -2.21. The Bertz CT molecular complexity index is 845. The number of aromatic nitrogens is 2. The van der Waals surface area contributed by atoms with Gasteiger partial charge in [0.05, 0.1) is 24.4 Å². The van der Waals surface area contributed by atoms with E-state index in [0.717, 1.165) is 16.0 Å². The number of aryl methyl sites for hydroxylation is 1. The average molecular weight is 371 g/mol. The van der Waals surface area contributed by atoms with Crippen LogP contribution in [0.2, 0.25) is 0 Å². The summed E-state index contributed by atoms with van der Waals surface area (Å²) in [4.78, 5) is 15.4. The lowest BCUT2D eigenvalue weighted by molar-refractivity contribution is -0.132. The van der Waals surface area contributed by atoms with Crippen LogP contribution in [-0.4, -0.2) is 41.3 Å². The fraction of sp³-hybridized carbons (Fsp3) is 0.316. The highest BCUT2D eigenvalue weighted by molar-refractivity contribution is 7.13. The van der Waals surface area contributed by atoms with Crippen LogP contribution in [0.5, 0.6) is 0 Å². The van der Waals surface area contributed by atoms with Gasteiger partial charge in [0.15, 0.2) is 0 Å². The lowest BCUT2D eigenvalue weighted by Crippen LogP contribution is -2.34. The predicted molar refractivity (Wildman–Crippen MR) is 99.8 cm³/mol. The maximum atomic E-state index is 12.8. The molecule has 1 aromatic carbocycles. The fourth-order valence-electron chi connectivity index (χ4n) is 2.56. The zero-order valence-corrected chi connectivity index (χ0v) is 15.7. The van der Waals surface area contributed by atoms with E-state index in [0.29, 0.717) is 31.4 Å². The monoisotopic (exact) mass is 371 g/mol. The van der Waals surface area contributed by atoms with E-state index in [1.165, 1.54) is 11.3 Å². The number of thiophene rings is 1. The van der Waals surface area contributed by atoms with Crippen molar-refractivity contribution in [2.75, 3.05) is 20.3 Å². The van der Waals surface area contributed by atoms with Crippen LogP contribution in [0.4, 0.5) is 0 Å². The van der Waals surface area contributed by atoms with E-state index in [4.69, 9.17) is 9.15 Å². The Morgan fingerprint density at radius 2 is 2.08 bits per heavy atom. The second-order valence-electron chi connectivity index (χ2n) is 5.89. The molecule has 0 N–H and O–H groups in total. The van der Waals surface area contributed by atoms with E-state index in [1.54, 1.807) is 12.0 Å². The minimum Gasteiger partial charge on any atom is -0.418 e. The highest BCUT2D eigenvalue weighted by Gasteiger charge is 2.19. The Morgan fingerprint density at radius 3 is 2.81 bits per heavy atom. The molecule has 0 spiro atoms. The van der Waals surface area contributed by atoms with E-state index in [9.17, 15) is 4.79 Å². The topological polar surface area (TPSA) is 68.5 Å². The Kier molecular flexibility index (Phi) is 6.14. The van der Waals surface area contributed by atoms with Crippen molar-refractivity contribution in [3.63, 3.8) is 0 Å². The third-order valence-electron chi connectivity index (χ3n) is 4.05. The molecule has 2 aromatic heterocycles. The van der Waals surface area contributed by atoms with Gasteiger partial charge < -0.3 is 14.1 Å². The van der Waals surface area contributed by atoms with Crippen molar-refractivity contribution in [1.29, 1.82) is 0 Å². The van der Waals surface area contributed by atoms with Gasteiger partial charge in [-0.3, -0.25) is 4.79 Å².